The minimum Gasteiger partial charge on any atom is -0.399 e. The van der Waals surface area contributed by atoms with E-state index in [1.165, 1.54) is 4.90 Å². The molecule has 0 aliphatic carbocycles. The second kappa shape index (κ2) is 7.22. The predicted molar refractivity (Wildman–Crippen MR) is 85.4 cm³/mol. The van der Waals surface area contributed by atoms with Gasteiger partial charge >= 0.3 is 0 Å². The normalized spacial score (nSPS) is 10.2. The molecule has 2 aromatic carbocycles. The third kappa shape index (κ3) is 4.18. The number of carbonyl (C=O) groups excluding carboxylic acids is 1. The molecule has 0 heterocycles. The van der Waals surface area contributed by atoms with E-state index < -0.39 is 0 Å². The van der Waals surface area contributed by atoms with Gasteiger partial charge in [-0.3, -0.25) is 4.79 Å². The molecule has 1 amide bonds. The smallest absolute Gasteiger partial charge is 0.252 e. The van der Waals surface area contributed by atoms with Gasteiger partial charge in [-0.25, -0.2) is 0 Å². The van der Waals surface area contributed by atoms with Gasteiger partial charge in [-0.15, -0.1) is 11.8 Å². The Labute approximate surface area is 127 Å². The SMILES string of the molecule is Nc1ccc(C(=O)NCCSc2ccccc2)c(Cl)c1. The van der Waals surface area contributed by atoms with Crippen LogP contribution >= 0.6 is 23.4 Å². The Balaban J connectivity index is 1.80. The maximum Gasteiger partial charge on any atom is 0.252 e. The number of hydrogen-bond acceptors (Lipinski definition) is 3. The number of nitrogens with two attached hydrogens (primary N) is 1. The standard InChI is InChI=1S/C15H15ClN2OS/c16-14-10-11(17)6-7-13(14)15(19)18-8-9-20-12-4-2-1-3-5-12/h1-7,10H,8-9,17H2,(H,18,19). The van der Waals surface area contributed by atoms with Gasteiger partial charge in [0, 0.05) is 22.9 Å². The highest BCUT2D eigenvalue weighted by atomic mass is 35.5. The second-order valence-corrected chi connectivity index (χ2v) is 5.73. The highest BCUT2D eigenvalue weighted by Gasteiger charge is 2.09. The van der Waals surface area contributed by atoms with Crippen LogP contribution in [0.5, 0.6) is 0 Å². The molecule has 0 unspecified atom stereocenters. The van der Waals surface area contributed by atoms with Gasteiger partial charge in [-0.1, -0.05) is 29.8 Å². The first-order valence-corrected chi connectivity index (χ1v) is 7.54. The second-order valence-electron chi connectivity index (χ2n) is 4.16. The van der Waals surface area contributed by atoms with Crippen LogP contribution in [0.1, 0.15) is 10.4 Å². The molecule has 0 bridgehead atoms. The fourth-order valence-electron chi connectivity index (χ4n) is 1.66. The number of hydrogen-bond donors (Lipinski definition) is 2. The molecule has 0 aliphatic heterocycles. The zero-order chi connectivity index (χ0) is 14.4. The van der Waals surface area contributed by atoms with Crippen molar-refractivity contribution < 1.29 is 4.79 Å². The number of thioether (sulfide) groups is 1. The van der Waals surface area contributed by atoms with Crippen LogP contribution in [-0.4, -0.2) is 18.2 Å². The maximum atomic E-state index is 11.9. The van der Waals surface area contributed by atoms with Gasteiger partial charge in [0.2, 0.25) is 0 Å². The third-order valence-electron chi connectivity index (χ3n) is 2.64. The Bertz CT molecular complexity index is 590. The van der Waals surface area contributed by atoms with E-state index in [2.05, 4.69) is 5.32 Å². The summed E-state index contributed by atoms with van der Waals surface area (Å²) in [5, 5.41) is 3.22. The molecule has 2 aromatic rings. The van der Waals surface area contributed by atoms with Crippen molar-refractivity contribution in [2.75, 3.05) is 18.0 Å². The van der Waals surface area contributed by atoms with Gasteiger partial charge in [0.1, 0.15) is 0 Å². The van der Waals surface area contributed by atoms with Crippen molar-refractivity contribution in [1.82, 2.24) is 5.32 Å². The number of nitrogens with one attached hydrogen (secondary N) is 1. The van der Waals surface area contributed by atoms with Crippen LogP contribution in [0.4, 0.5) is 5.69 Å². The van der Waals surface area contributed by atoms with Crippen molar-refractivity contribution in [3.63, 3.8) is 0 Å². The van der Waals surface area contributed by atoms with Crippen LogP contribution in [0, 0.1) is 0 Å². The lowest BCUT2D eigenvalue weighted by atomic mass is 10.2. The van der Waals surface area contributed by atoms with Crippen LogP contribution in [0.2, 0.25) is 5.02 Å². The summed E-state index contributed by atoms with van der Waals surface area (Å²) in [7, 11) is 0. The number of halogens is 1. The van der Waals surface area contributed by atoms with Gasteiger partial charge in [0.15, 0.2) is 0 Å². The highest BCUT2D eigenvalue weighted by molar-refractivity contribution is 7.99. The van der Waals surface area contributed by atoms with E-state index in [-0.39, 0.29) is 5.91 Å². The number of carbonyl (C=O) groups is 1. The highest BCUT2D eigenvalue weighted by Crippen LogP contribution is 2.19. The zero-order valence-electron chi connectivity index (χ0n) is 10.8. The summed E-state index contributed by atoms with van der Waals surface area (Å²) in [6.45, 7) is 0.582. The fraction of sp³-hybridized carbons (Fsp3) is 0.133. The molecule has 0 saturated heterocycles. The quantitative estimate of drug-likeness (QED) is 0.505. The summed E-state index contributed by atoms with van der Waals surface area (Å²) < 4.78 is 0. The average molecular weight is 307 g/mol. The number of benzene rings is 2. The van der Waals surface area contributed by atoms with Gasteiger partial charge in [0.25, 0.3) is 5.91 Å². The molecule has 3 nitrogen and oxygen atoms in total. The van der Waals surface area contributed by atoms with Crippen molar-refractivity contribution in [3.8, 4) is 0 Å². The third-order valence-corrected chi connectivity index (χ3v) is 3.96. The van der Waals surface area contributed by atoms with Crippen LogP contribution < -0.4 is 11.1 Å². The van der Waals surface area contributed by atoms with Crippen LogP contribution in [0.3, 0.4) is 0 Å². The molecule has 0 spiro atoms. The number of anilines is 1. The van der Waals surface area contributed by atoms with Gasteiger partial charge in [-0.05, 0) is 30.3 Å². The lowest BCUT2D eigenvalue weighted by Gasteiger charge is -2.07. The molecule has 3 N–H and O–H groups in total. The average Bonchev–Trinajstić information content (AvgIpc) is 2.44. The van der Waals surface area contributed by atoms with Crippen molar-refractivity contribution in [2.45, 2.75) is 4.90 Å². The largest absolute Gasteiger partial charge is 0.399 e. The Morgan fingerprint density at radius 3 is 2.65 bits per heavy atom. The predicted octanol–water partition coefficient (Wildman–Crippen LogP) is 3.44. The van der Waals surface area contributed by atoms with E-state index in [0.717, 1.165) is 5.75 Å². The molecule has 0 radical (unpaired) electrons. The Morgan fingerprint density at radius 1 is 1.20 bits per heavy atom. The summed E-state index contributed by atoms with van der Waals surface area (Å²) in [4.78, 5) is 13.1. The molecule has 20 heavy (non-hydrogen) atoms. The van der Waals surface area contributed by atoms with E-state index in [1.54, 1.807) is 30.0 Å². The molecule has 0 saturated carbocycles. The van der Waals surface area contributed by atoms with Crippen molar-refractivity contribution >= 4 is 35.0 Å². The molecule has 104 valence electrons. The first-order valence-electron chi connectivity index (χ1n) is 6.18. The molecular formula is C15H15ClN2OS. The van der Waals surface area contributed by atoms with Crippen molar-refractivity contribution in [3.05, 3.63) is 59.1 Å². The molecule has 2 rings (SSSR count). The molecule has 0 fully saturated rings. The zero-order valence-corrected chi connectivity index (χ0v) is 12.4. The fourth-order valence-corrected chi connectivity index (χ4v) is 2.73. The van der Waals surface area contributed by atoms with Gasteiger partial charge < -0.3 is 11.1 Å². The Hall–Kier alpha value is -1.65. The minimum atomic E-state index is -0.177. The van der Waals surface area contributed by atoms with Crippen molar-refractivity contribution in [2.24, 2.45) is 0 Å². The number of rotatable bonds is 5. The van der Waals surface area contributed by atoms with E-state index in [9.17, 15) is 4.79 Å². The summed E-state index contributed by atoms with van der Waals surface area (Å²) in [5.74, 6) is 0.631. The minimum absolute atomic E-state index is 0.177. The lowest BCUT2D eigenvalue weighted by Crippen LogP contribution is -2.26. The first-order chi connectivity index (χ1) is 9.66. The maximum absolute atomic E-state index is 11.9. The lowest BCUT2D eigenvalue weighted by molar-refractivity contribution is 0.0956. The summed E-state index contributed by atoms with van der Waals surface area (Å²) in [5.41, 5.74) is 6.59. The van der Waals surface area contributed by atoms with E-state index in [0.29, 0.717) is 22.8 Å². The number of amides is 1. The van der Waals surface area contributed by atoms with Gasteiger partial charge in [0.05, 0.1) is 10.6 Å². The Kier molecular flexibility index (Phi) is 5.32. The van der Waals surface area contributed by atoms with Crippen molar-refractivity contribution in [1.29, 1.82) is 0 Å². The first kappa shape index (κ1) is 14.8. The Morgan fingerprint density at radius 2 is 1.95 bits per heavy atom. The summed E-state index contributed by atoms with van der Waals surface area (Å²) >= 11 is 7.68. The van der Waals surface area contributed by atoms with E-state index >= 15 is 0 Å². The van der Waals surface area contributed by atoms with Crippen LogP contribution in [0.25, 0.3) is 0 Å². The molecule has 0 aromatic heterocycles. The van der Waals surface area contributed by atoms with Gasteiger partial charge in [-0.2, -0.15) is 0 Å². The molecular weight excluding hydrogens is 292 g/mol. The number of nitrogen functional groups attached to an aromatic ring is 1. The van der Waals surface area contributed by atoms with Crippen LogP contribution in [0.15, 0.2) is 53.4 Å². The van der Waals surface area contributed by atoms with Crippen LogP contribution in [-0.2, 0) is 0 Å². The van der Waals surface area contributed by atoms with E-state index in [1.807, 2.05) is 30.3 Å². The summed E-state index contributed by atoms with van der Waals surface area (Å²) in [6, 6.07) is 14.9. The topological polar surface area (TPSA) is 55.1 Å². The monoisotopic (exact) mass is 306 g/mol. The molecule has 0 aliphatic rings. The molecule has 0 atom stereocenters. The molecule has 5 heteroatoms. The summed E-state index contributed by atoms with van der Waals surface area (Å²) in [6.07, 6.45) is 0. The van der Waals surface area contributed by atoms with E-state index in [4.69, 9.17) is 17.3 Å².